The van der Waals surface area contributed by atoms with Crippen LogP contribution in [0.3, 0.4) is 0 Å². The predicted octanol–water partition coefficient (Wildman–Crippen LogP) is 6.19. The van der Waals surface area contributed by atoms with Gasteiger partial charge in [0.1, 0.15) is 11.5 Å². The Kier molecular flexibility index (Phi) is 7.23. The van der Waals surface area contributed by atoms with E-state index in [1.165, 1.54) is 11.8 Å². The average molecular weight is 474 g/mol. The van der Waals surface area contributed by atoms with Gasteiger partial charge >= 0.3 is 0 Å². The number of thioether (sulfide) groups is 1. The van der Waals surface area contributed by atoms with Crippen LogP contribution in [0.1, 0.15) is 12.5 Å². The number of imidazole rings is 1. The zero-order valence-corrected chi connectivity index (χ0v) is 20.4. The molecule has 4 aromatic rings. The summed E-state index contributed by atoms with van der Waals surface area (Å²) in [4.78, 5) is 21.1. The summed E-state index contributed by atoms with van der Waals surface area (Å²) in [6.07, 6.45) is 0. The smallest absolute Gasteiger partial charge is 0.237 e. The van der Waals surface area contributed by atoms with Crippen LogP contribution < -0.4 is 14.8 Å². The molecular weight excluding hydrogens is 446 g/mol. The molecule has 1 unspecified atom stereocenters. The lowest BCUT2D eigenvalue weighted by Gasteiger charge is -2.11. The Hall–Kier alpha value is -3.71. The van der Waals surface area contributed by atoms with Crippen molar-refractivity contribution in [1.29, 1.82) is 0 Å². The van der Waals surface area contributed by atoms with E-state index in [2.05, 4.69) is 10.3 Å². The Morgan fingerprint density at radius 3 is 2.15 bits per heavy atom. The van der Waals surface area contributed by atoms with Gasteiger partial charge in [0.2, 0.25) is 5.91 Å². The molecule has 1 heterocycles. The molecule has 3 aromatic carbocycles. The normalized spacial score (nSPS) is 11.6. The van der Waals surface area contributed by atoms with E-state index in [-0.39, 0.29) is 11.2 Å². The molecule has 0 aliphatic carbocycles. The number of carbonyl (C=O) groups excluding carboxylic acids is 1. The molecule has 1 atom stereocenters. The highest BCUT2D eigenvalue weighted by Gasteiger charge is 2.20. The van der Waals surface area contributed by atoms with Crippen LogP contribution >= 0.6 is 11.8 Å². The first-order valence-corrected chi connectivity index (χ1v) is 11.8. The molecule has 4 rings (SSSR count). The Bertz CT molecular complexity index is 1200. The Balaban J connectivity index is 1.61. The lowest BCUT2D eigenvalue weighted by molar-refractivity contribution is -0.115. The number of rotatable bonds is 8. The maximum atomic E-state index is 12.8. The molecule has 34 heavy (non-hydrogen) atoms. The molecular formula is C27H27N3O3S. The summed E-state index contributed by atoms with van der Waals surface area (Å²) in [5.74, 6) is 1.48. The molecule has 0 bridgehead atoms. The molecule has 0 spiro atoms. The van der Waals surface area contributed by atoms with Crippen LogP contribution in [0.15, 0.2) is 78.0 Å². The quantitative estimate of drug-likeness (QED) is 0.299. The second-order valence-corrected chi connectivity index (χ2v) is 9.17. The fourth-order valence-corrected chi connectivity index (χ4v) is 4.33. The van der Waals surface area contributed by atoms with Gasteiger partial charge in [-0.15, -0.1) is 0 Å². The van der Waals surface area contributed by atoms with Gasteiger partial charge in [0.25, 0.3) is 0 Å². The third kappa shape index (κ3) is 5.43. The van der Waals surface area contributed by atoms with Crippen molar-refractivity contribution in [1.82, 2.24) is 9.97 Å². The Morgan fingerprint density at radius 1 is 0.941 bits per heavy atom. The Morgan fingerprint density at radius 2 is 1.56 bits per heavy atom. The Labute approximate surface area is 203 Å². The zero-order valence-electron chi connectivity index (χ0n) is 19.6. The molecule has 7 heteroatoms. The fourth-order valence-electron chi connectivity index (χ4n) is 3.52. The number of anilines is 1. The monoisotopic (exact) mass is 473 g/mol. The zero-order chi connectivity index (χ0) is 24.1. The van der Waals surface area contributed by atoms with Crippen molar-refractivity contribution < 1.29 is 14.3 Å². The van der Waals surface area contributed by atoms with Crippen LogP contribution in [-0.4, -0.2) is 35.3 Å². The molecule has 0 aliphatic heterocycles. The highest BCUT2D eigenvalue weighted by Crippen LogP contribution is 2.35. The fraction of sp³-hybridized carbons (Fsp3) is 0.185. The standard InChI is InChI=1S/C27H27N3O3S/c1-17-6-5-7-21(16-17)28-26(31)18(2)34-27-29-24(19-8-12-22(32-3)13-9-19)25(30-27)20-10-14-23(33-4)15-11-20/h5-16,18H,1-4H3,(H,28,31)(H,29,30). The highest BCUT2D eigenvalue weighted by atomic mass is 32.2. The van der Waals surface area contributed by atoms with E-state index in [9.17, 15) is 4.79 Å². The summed E-state index contributed by atoms with van der Waals surface area (Å²) in [5, 5.41) is 3.31. The van der Waals surface area contributed by atoms with E-state index < -0.39 is 0 Å². The topological polar surface area (TPSA) is 76.2 Å². The highest BCUT2D eigenvalue weighted by molar-refractivity contribution is 8.00. The van der Waals surface area contributed by atoms with Crippen LogP contribution in [0.5, 0.6) is 11.5 Å². The van der Waals surface area contributed by atoms with Crippen molar-refractivity contribution in [3.63, 3.8) is 0 Å². The van der Waals surface area contributed by atoms with Gasteiger partial charge in [-0.3, -0.25) is 4.79 Å². The van der Waals surface area contributed by atoms with Gasteiger partial charge in [0, 0.05) is 16.8 Å². The molecule has 1 aromatic heterocycles. The van der Waals surface area contributed by atoms with Crippen molar-refractivity contribution in [2.24, 2.45) is 0 Å². The minimum Gasteiger partial charge on any atom is -0.497 e. The van der Waals surface area contributed by atoms with Crippen molar-refractivity contribution in [3.05, 3.63) is 78.4 Å². The molecule has 0 saturated carbocycles. The first kappa shape index (κ1) is 23.4. The van der Waals surface area contributed by atoms with Gasteiger partial charge in [0.15, 0.2) is 5.16 Å². The molecule has 0 fully saturated rings. The van der Waals surface area contributed by atoms with Crippen LogP contribution in [0.4, 0.5) is 5.69 Å². The summed E-state index contributed by atoms with van der Waals surface area (Å²) in [5.41, 5.74) is 5.49. The van der Waals surface area contributed by atoms with Gasteiger partial charge in [0.05, 0.1) is 30.9 Å². The summed E-state index contributed by atoms with van der Waals surface area (Å²) >= 11 is 1.39. The maximum absolute atomic E-state index is 12.8. The summed E-state index contributed by atoms with van der Waals surface area (Å²) in [7, 11) is 3.29. The minimum atomic E-state index is -0.348. The number of hydrogen-bond donors (Lipinski definition) is 2. The van der Waals surface area contributed by atoms with E-state index in [0.29, 0.717) is 5.16 Å². The first-order chi connectivity index (χ1) is 16.5. The second-order valence-electron chi connectivity index (χ2n) is 7.84. The maximum Gasteiger partial charge on any atom is 0.237 e. The number of amides is 1. The van der Waals surface area contributed by atoms with Crippen LogP contribution in [-0.2, 0) is 4.79 Å². The number of ether oxygens (including phenoxy) is 2. The van der Waals surface area contributed by atoms with Crippen LogP contribution in [0.2, 0.25) is 0 Å². The summed E-state index contributed by atoms with van der Waals surface area (Å²) < 4.78 is 10.6. The third-order valence-electron chi connectivity index (χ3n) is 5.37. The summed E-state index contributed by atoms with van der Waals surface area (Å²) in [6.45, 7) is 3.87. The number of H-pyrrole nitrogens is 1. The minimum absolute atomic E-state index is 0.0796. The van der Waals surface area contributed by atoms with E-state index in [0.717, 1.165) is 45.3 Å². The van der Waals surface area contributed by atoms with E-state index in [4.69, 9.17) is 14.5 Å². The van der Waals surface area contributed by atoms with E-state index in [1.54, 1.807) is 14.2 Å². The molecule has 2 N–H and O–H groups in total. The van der Waals surface area contributed by atoms with Gasteiger partial charge in [-0.25, -0.2) is 4.98 Å². The molecule has 174 valence electrons. The molecule has 0 saturated heterocycles. The molecule has 6 nitrogen and oxygen atoms in total. The molecule has 0 radical (unpaired) electrons. The summed E-state index contributed by atoms with van der Waals surface area (Å²) in [6, 6.07) is 23.3. The van der Waals surface area contributed by atoms with Crippen LogP contribution in [0, 0.1) is 6.92 Å². The number of benzene rings is 3. The lowest BCUT2D eigenvalue weighted by atomic mass is 10.0. The number of aromatic nitrogens is 2. The molecule has 0 aliphatic rings. The van der Waals surface area contributed by atoms with Crippen molar-refractivity contribution in [2.45, 2.75) is 24.3 Å². The number of aromatic amines is 1. The number of aryl methyl sites for hydroxylation is 1. The first-order valence-electron chi connectivity index (χ1n) is 10.9. The van der Waals surface area contributed by atoms with E-state index >= 15 is 0 Å². The second kappa shape index (κ2) is 10.5. The van der Waals surface area contributed by atoms with Crippen molar-refractivity contribution in [2.75, 3.05) is 19.5 Å². The SMILES string of the molecule is COc1ccc(-c2nc(SC(C)C(=O)Nc3cccc(C)c3)[nH]c2-c2ccc(OC)cc2)cc1. The number of carbonyl (C=O) groups is 1. The lowest BCUT2D eigenvalue weighted by Crippen LogP contribution is -2.22. The van der Waals surface area contributed by atoms with Gasteiger partial charge in [-0.05, 0) is 80.1 Å². The number of hydrogen-bond acceptors (Lipinski definition) is 5. The molecule has 1 amide bonds. The third-order valence-corrected chi connectivity index (χ3v) is 6.35. The van der Waals surface area contributed by atoms with Crippen molar-refractivity contribution in [3.8, 4) is 34.0 Å². The van der Waals surface area contributed by atoms with Gasteiger partial charge in [-0.2, -0.15) is 0 Å². The number of nitrogens with zero attached hydrogens (tertiary/aromatic N) is 1. The van der Waals surface area contributed by atoms with Gasteiger partial charge < -0.3 is 19.8 Å². The number of nitrogens with one attached hydrogen (secondary N) is 2. The largest absolute Gasteiger partial charge is 0.497 e. The number of methoxy groups -OCH3 is 2. The van der Waals surface area contributed by atoms with Crippen LogP contribution in [0.25, 0.3) is 22.5 Å². The van der Waals surface area contributed by atoms with E-state index in [1.807, 2.05) is 86.6 Å². The van der Waals surface area contributed by atoms with Crippen molar-refractivity contribution >= 4 is 23.4 Å². The van der Waals surface area contributed by atoms with Gasteiger partial charge in [-0.1, -0.05) is 23.9 Å². The predicted molar refractivity (Wildman–Crippen MR) is 138 cm³/mol. The average Bonchev–Trinajstić information content (AvgIpc) is 3.27.